The summed E-state index contributed by atoms with van der Waals surface area (Å²) in [4.78, 5) is 30.8. The number of rotatable bonds is 7. The van der Waals surface area contributed by atoms with Crippen LogP contribution in [0.25, 0.3) is 0 Å². The zero-order valence-corrected chi connectivity index (χ0v) is 14.5. The van der Waals surface area contributed by atoms with Gasteiger partial charge in [-0.1, -0.05) is 6.07 Å². The minimum atomic E-state index is -0.257. The molecule has 132 valence electrons. The summed E-state index contributed by atoms with van der Waals surface area (Å²) in [7, 11) is 1.95. The summed E-state index contributed by atoms with van der Waals surface area (Å²) in [6, 6.07) is 7.72. The van der Waals surface area contributed by atoms with Crippen molar-refractivity contribution in [3.63, 3.8) is 0 Å². The van der Waals surface area contributed by atoms with E-state index in [0.717, 1.165) is 24.3 Å². The Labute approximate surface area is 152 Å². The Morgan fingerprint density at radius 2 is 1.85 bits per heavy atom. The third kappa shape index (κ3) is 4.83. The molecule has 7 nitrogen and oxygen atoms in total. The van der Waals surface area contributed by atoms with Gasteiger partial charge in [-0.05, 0) is 35.7 Å². The molecule has 1 N–H and O–H groups in total. The average Bonchev–Trinajstić information content (AvgIpc) is 2.72. The van der Waals surface area contributed by atoms with Crippen molar-refractivity contribution in [1.29, 1.82) is 0 Å². The summed E-state index contributed by atoms with van der Waals surface area (Å²) >= 11 is 0. The van der Waals surface area contributed by atoms with Crippen LogP contribution in [0.4, 0.5) is 5.82 Å². The molecule has 3 rings (SSSR count). The molecule has 3 heterocycles. The molecule has 0 atom stereocenters. The number of anilines is 1. The molecular weight excluding hydrogens is 328 g/mol. The summed E-state index contributed by atoms with van der Waals surface area (Å²) < 4.78 is 0. The maximum Gasteiger partial charge on any atom is 0.271 e. The molecule has 26 heavy (non-hydrogen) atoms. The lowest BCUT2D eigenvalue weighted by Crippen LogP contribution is -2.25. The molecule has 7 heteroatoms. The normalized spacial score (nSPS) is 10.3. The Morgan fingerprint density at radius 1 is 1.00 bits per heavy atom. The highest BCUT2D eigenvalue weighted by atomic mass is 16.1. The predicted molar refractivity (Wildman–Crippen MR) is 98.7 cm³/mol. The molecule has 1 amide bonds. The smallest absolute Gasteiger partial charge is 0.271 e. The minimum Gasteiger partial charge on any atom is -0.358 e. The molecule has 0 spiro atoms. The molecule has 0 unspecified atom stereocenters. The zero-order chi connectivity index (χ0) is 18.2. The van der Waals surface area contributed by atoms with Crippen LogP contribution in [0.15, 0.2) is 61.4 Å². The van der Waals surface area contributed by atoms with Gasteiger partial charge in [0.1, 0.15) is 11.5 Å². The Kier molecular flexibility index (Phi) is 5.82. The SMILES string of the molecule is CN(CCc1ccncc1)c1cnc(C(=O)NCc2cccnc2)cn1. The first kappa shape index (κ1) is 17.5. The van der Waals surface area contributed by atoms with Crippen LogP contribution in [0, 0.1) is 0 Å². The number of carbonyl (C=O) groups is 1. The standard InChI is InChI=1S/C19H20N6O/c1-25(10-6-15-4-8-20-9-5-15)18-14-22-17(13-23-18)19(26)24-12-16-3-2-7-21-11-16/h2-5,7-9,11,13-14H,6,10,12H2,1H3,(H,24,26). The van der Waals surface area contributed by atoms with Gasteiger partial charge in [-0.2, -0.15) is 0 Å². The van der Waals surface area contributed by atoms with E-state index in [2.05, 4.69) is 25.3 Å². The van der Waals surface area contributed by atoms with Crippen molar-refractivity contribution in [2.45, 2.75) is 13.0 Å². The molecule has 0 aliphatic carbocycles. The lowest BCUT2D eigenvalue weighted by molar-refractivity contribution is 0.0945. The quantitative estimate of drug-likeness (QED) is 0.702. The van der Waals surface area contributed by atoms with Gasteiger partial charge in [0.25, 0.3) is 5.91 Å². The minimum absolute atomic E-state index is 0.257. The molecule has 3 aromatic rings. The number of carbonyl (C=O) groups excluding carboxylic acids is 1. The average molecular weight is 348 g/mol. The lowest BCUT2D eigenvalue weighted by atomic mass is 10.2. The van der Waals surface area contributed by atoms with Gasteiger partial charge in [0, 0.05) is 44.9 Å². The van der Waals surface area contributed by atoms with E-state index in [1.54, 1.807) is 31.0 Å². The van der Waals surface area contributed by atoms with Gasteiger partial charge in [-0.3, -0.25) is 14.8 Å². The molecule has 0 aromatic carbocycles. The second-order valence-electron chi connectivity index (χ2n) is 5.83. The van der Waals surface area contributed by atoms with E-state index in [9.17, 15) is 4.79 Å². The van der Waals surface area contributed by atoms with Crippen LogP contribution < -0.4 is 10.2 Å². The fraction of sp³-hybridized carbons (Fsp3) is 0.211. The number of aromatic nitrogens is 4. The van der Waals surface area contributed by atoms with Crippen LogP contribution in [0.1, 0.15) is 21.6 Å². The Morgan fingerprint density at radius 3 is 2.54 bits per heavy atom. The third-order valence-electron chi connectivity index (χ3n) is 3.92. The maximum atomic E-state index is 12.2. The van der Waals surface area contributed by atoms with Crippen LogP contribution in [0.3, 0.4) is 0 Å². The van der Waals surface area contributed by atoms with Crippen molar-refractivity contribution in [2.75, 3.05) is 18.5 Å². The van der Waals surface area contributed by atoms with Crippen LogP contribution >= 0.6 is 0 Å². The molecule has 0 bridgehead atoms. The molecule has 0 aliphatic heterocycles. The zero-order valence-electron chi connectivity index (χ0n) is 14.5. The number of pyridine rings is 2. The summed E-state index contributed by atoms with van der Waals surface area (Å²) in [5.41, 5.74) is 2.44. The monoisotopic (exact) mass is 348 g/mol. The van der Waals surface area contributed by atoms with Crippen molar-refractivity contribution in [3.8, 4) is 0 Å². The summed E-state index contributed by atoms with van der Waals surface area (Å²) in [5.74, 6) is 0.468. The van der Waals surface area contributed by atoms with Gasteiger partial charge >= 0.3 is 0 Å². The van der Waals surface area contributed by atoms with Crippen LogP contribution in [0.2, 0.25) is 0 Å². The highest BCUT2D eigenvalue weighted by Crippen LogP contribution is 2.09. The number of hydrogen-bond donors (Lipinski definition) is 1. The van der Waals surface area contributed by atoms with Crippen LogP contribution in [0.5, 0.6) is 0 Å². The lowest BCUT2D eigenvalue weighted by Gasteiger charge is -2.17. The largest absolute Gasteiger partial charge is 0.358 e. The molecule has 3 aromatic heterocycles. The van der Waals surface area contributed by atoms with Crippen molar-refractivity contribution in [3.05, 3.63) is 78.3 Å². The van der Waals surface area contributed by atoms with Crippen molar-refractivity contribution < 1.29 is 4.79 Å². The van der Waals surface area contributed by atoms with E-state index in [1.807, 2.05) is 36.2 Å². The van der Waals surface area contributed by atoms with E-state index in [0.29, 0.717) is 12.2 Å². The summed E-state index contributed by atoms with van der Waals surface area (Å²) in [6.45, 7) is 1.20. The van der Waals surface area contributed by atoms with Gasteiger partial charge in [0.05, 0.1) is 12.4 Å². The molecule has 0 aliphatic rings. The number of amides is 1. The first-order chi connectivity index (χ1) is 12.7. The van der Waals surface area contributed by atoms with Crippen LogP contribution in [-0.2, 0) is 13.0 Å². The van der Waals surface area contributed by atoms with Gasteiger partial charge in [-0.25, -0.2) is 9.97 Å². The summed E-state index contributed by atoms with van der Waals surface area (Å²) in [6.07, 6.45) is 11.0. The van der Waals surface area contributed by atoms with Crippen molar-refractivity contribution >= 4 is 11.7 Å². The number of hydrogen-bond acceptors (Lipinski definition) is 6. The second kappa shape index (κ2) is 8.66. The first-order valence-electron chi connectivity index (χ1n) is 8.31. The Balaban J connectivity index is 1.53. The predicted octanol–water partition coefficient (Wildman–Crippen LogP) is 1.88. The van der Waals surface area contributed by atoms with E-state index in [-0.39, 0.29) is 5.91 Å². The highest BCUT2D eigenvalue weighted by Gasteiger charge is 2.09. The molecule has 0 fully saturated rings. The van der Waals surface area contributed by atoms with E-state index < -0.39 is 0 Å². The highest BCUT2D eigenvalue weighted by molar-refractivity contribution is 5.91. The van der Waals surface area contributed by atoms with Gasteiger partial charge in [-0.15, -0.1) is 0 Å². The summed E-state index contributed by atoms with van der Waals surface area (Å²) in [5, 5.41) is 2.81. The molecular formula is C19H20N6O. The van der Waals surface area contributed by atoms with Gasteiger partial charge in [0.2, 0.25) is 0 Å². The fourth-order valence-corrected chi connectivity index (χ4v) is 2.37. The van der Waals surface area contributed by atoms with Crippen molar-refractivity contribution in [2.24, 2.45) is 0 Å². The first-order valence-corrected chi connectivity index (χ1v) is 8.31. The Bertz CT molecular complexity index is 824. The number of nitrogens with one attached hydrogen (secondary N) is 1. The third-order valence-corrected chi connectivity index (χ3v) is 3.92. The maximum absolute atomic E-state index is 12.2. The fourth-order valence-electron chi connectivity index (χ4n) is 2.37. The Hall–Kier alpha value is -3.35. The van der Waals surface area contributed by atoms with E-state index in [4.69, 9.17) is 0 Å². The molecule has 0 saturated carbocycles. The number of nitrogens with zero attached hydrogens (tertiary/aromatic N) is 5. The topological polar surface area (TPSA) is 83.9 Å². The van der Waals surface area contributed by atoms with Gasteiger partial charge < -0.3 is 10.2 Å². The van der Waals surface area contributed by atoms with Gasteiger partial charge in [0.15, 0.2) is 0 Å². The van der Waals surface area contributed by atoms with Crippen molar-refractivity contribution in [1.82, 2.24) is 25.3 Å². The second-order valence-corrected chi connectivity index (χ2v) is 5.83. The van der Waals surface area contributed by atoms with E-state index >= 15 is 0 Å². The van der Waals surface area contributed by atoms with E-state index in [1.165, 1.54) is 11.8 Å². The van der Waals surface area contributed by atoms with Crippen LogP contribution in [-0.4, -0.2) is 39.4 Å². The number of likely N-dealkylation sites (N-methyl/N-ethyl adjacent to an activating group) is 1. The molecule has 0 saturated heterocycles. The molecule has 0 radical (unpaired) electrons.